The SMILES string of the molecule is Cc1[nH]n(-c2cc(Cl)ccc2Cl)c(=O)c1N=Nc1cc(S([NH-])(=O)=O)ccc1O.Cc1nn(-c2cc(Cl)ccc2Cl)c([O-])c1N=Nc1cc(S([NH-])(=O)=O)ccc1[O-].[Cr+3].[Na+]. The van der Waals surface area contributed by atoms with Gasteiger partial charge in [-0.2, -0.15) is 10.2 Å². The summed E-state index contributed by atoms with van der Waals surface area (Å²) in [5.41, 5.74) is -0.223. The number of aromatic nitrogens is 4. The van der Waals surface area contributed by atoms with Crippen molar-refractivity contribution in [1.29, 1.82) is 0 Å². The number of hydrogen-bond donors (Lipinski definition) is 2. The molecule has 4 aromatic carbocycles. The quantitative estimate of drug-likeness (QED) is 0.145. The van der Waals surface area contributed by atoms with Gasteiger partial charge in [0.25, 0.3) is 5.56 Å². The van der Waals surface area contributed by atoms with E-state index in [4.69, 9.17) is 56.7 Å². The third-order valence-electron chi connectivity index (χ3n) is 7.33. The van der Waals surface area contributed by atoms with Gasteiger partial charge in [0, 0.05) is 15.9 Å². The molecule has 6 rings (SSSR count). The summed E-state index contributed by atoms with van der Waals surface area (Å²) in [6, 6.07) is 15.1. The summed E-state index contributed by atoms with van der Waals surface area (Å²) in [6.07, 6.45) is 0. The van der Waals surface area contributed by atoms with Crippen LogP contribution in [0.3, 0.4) is 0 Å². The molecule has 18 nitrogen and oxygen atoms in total. The maximum atomic E-state index is 12.7. The molecule has 0 aliphatic rings. The maximum absolute atomic E-state index is 12.7. The molecule has 0 atom stereocenters. The van der Waals surface area contributed by atoms with E-state index in [1.165, 1.54) is 31.2 Å². The van der Waals surface area contributed by atoms with E-state index in [1.807, 2.05) is 0 Å². The first-order valence-electron chi connectivity index (χ1n) is 15.1. The van der Waals surface area contributed by atoms with E-state index >= 15 is 0 Å². The van der Waals surface area contributed by atoms with E-state index in [2.05, 4.69) is 30.7 Å². The molecular formula is C32H22Cl4CrN10NaO8S2. The Morgan fingerprint density at radius 3 is 1.81 bits per heavy atom. The minimum absolute atomic E-state index is 0. The van der Waals surface area contributed by atoms with Gasteiger partial charge in [-0.25, -0.2) is 26.2 Å². The second-order valence-electron chi connectivity index (χ2n) is 11.3. The number of aromatic hydroxyl groups is 1. The van der Waals surface area contributed by atoms with E-state index in [1.54, 1.807) is 19.1 Å². The first-order chi connectivity index (χ1) is 26.1. The summed E-state index contributed by atoms with van der Waals surface area (Å²) in [4.78, 5) is 11.9. The van der Waals surface area contributed by atoms with Gasteiger partial charge in [-0.15, -0.1) is 15.3 Å². The third kappa shape index (κ3) is 11.3. The van der Waals surface area contributed by atoms with E-state index in [0.29, 0.717) is 21.4 Å². The molecule has 58 heavy (non-hydrogen) atoms. The summed E-state index contributed by atoms with van der Waals surface area (Å²) in [7, 11) is -8.52. The minimum atomic E-state index is -4.28. The van der Waals surface area contributed by atoms with Crippen LogP contribution in [0.1, 0.15) is 11.4 Å². The molecule has 26 heteroatoms. The van der Waals surface area contributed by atoms with Crippen molar-refractivity contribution in [2.45, 2.75) is 23.6 Å². The fourth-order valence-electron chi connectivity index (χ4n) is 4.61. The van der Waals surface area contributed by atoms with E-state index in [9.17, 15) is 36.9 Å². The predicted octanol–water partition coefficient (Wildman–Crippen LogP) is 5.44. The average molecular weight is 956 g/mol. The molecular weight excluding hydrogens is 933 g/mol. The van der Waals surface area contributed by atoms with Crippen LogP contribution in [0, 0.1) is 13.8 Å². The number of H-pyrrole nitrogens is 1. The summed E-state index contributed by atoms with van der Waals surface area (Å²) >= 11 is 24.1. The van der Waals surface area contributed by atoms with Crippen molar-refractivity contribution in [3.8, 4) is 28.8 Å². The van der Waals surface area contributed by atoms with Crippen LogP contribution in [0.5, 0.6) is 17.4 Å². The average Bonchev–Trinajstić information content (AvgIpc) is 3.56. The Bertz CT molecular complexity index is 2870. The van der Waals surface area contributed by atoms with Crippen molar-refractivity contribution in [1.82, 2.24) is 19.6 Å². The number of nitrogens with zero attached hydrogens (tertiary/aromatic N) is 7. The van der Waals surface area contributed by atoms with Crippen LogP contribution < -0.4 is 45.3 Å². The zero-order chi connectivity index (χ0) is 41.3. The minimum Gasteiger partial charge on any atom is -0.871 e. The second kappa shape index (κ2) is 19.5. The first-order valence-corrected chi connectivity index (χ1v) is 19.6. The van der Waals surface area contributed by atoms with E-state index in [-0.39, 0.29) is 102 Å². The molecule has 0 saturated carbocycles. The fourth-order valence-corrected chi connectivity index (χ4v) is 6.37. The van der Waals surface area contributed by atoms with E-state index in [0.717, 1.165) is 45.8 Å². The van der Waals surface area contributed by atoms with Crippen molar-refractivity contribution in [3.05, 3.63) is 125 Å². The van der Waals surface area contributed by atoms with Crippen LogP contribution in [-0.4, -0.2) is 41.5 Å². The third-order valence-corrected chi connectivity index (χ3v) is 10.2. The van der Waals surface area contributed by atoms with Gasteiger partial charge in [0.2, 0.25) is 0 Å². The maximum Gasteiger partial charge on any atom is 3.00 e. The van der Waals surface area contributed by atoms with Crippen LogP contribution >= 0.6 is 46.4 Å². The van der Waals surface area contributed by atoms with Gasteiger partial charge in [0.15, 0.2) is 5.69 Å². The number of nitrogens with one attached hydrogen (secondary N) is 3. The summed E-state index contributed by atoms with van der Waals surface area (Å²) in [5, 5.41) is 71.6. The normalized spacial score (nSPS) is 11.6. The number of aromatic amines is 1. The Balaban J connectivity index is 0.000000300. The number of benzene rings is 4. The Morgan fingerprint density at radius 2 is 1.22 bits per heavy atom. The molecule has 0 aliphatic heterocycles. The van der Waals surface area contributed by atoms with Gasteiger partial charge in [0.05, 0.1) is 68.3 Å². The molecule has 0 fully saturated rings. The van der Waals surface area contributed by atoms with Crippen molar-refractivity contribution in [3.63, 3.8) is 0 Å². The molecule has 0 unspecified atom stereocenters. The Morgan fingerprint density at radius 1 is 0.724 bits per heavy atom. The number of phenolic OH excluding ortho intramolecular Hbond substituents is 1. The molecule has 0 spiro atoms. The summed E-state index contributed by atoms with van der Waals surface area (Å²) in [5.74, 6) is -1.63. The van der Waals surface area contributed by atoms with Crippen molar-refractivity contribution >= 4 is 89.2 Å². The summed E-state index contributed by atoms with van der Waals surface area (Å²) < 4.78 is 47.4. The number of hydrogen-bond acceptors (Lipinski definition) is 13. The zero-order valence-corrected chi connectivity index (χ0v) is 37.5. The summed E-state index contributed by atoms with van der Waals surface area (Å²) in [6.45, 7) is 3.09. The molecule has 0 bridgehead atoms. The van der Waals surface area contributed by atoms with Crippen LogP contribution in [0.15, 0.2) is 108 Å². The van der Waals surface area contributed by atoms with Crippen LogP contribution in [0.4, 0.5) is 22.7 Å². The molecule has 0 aliphatic carbocycles. The topological polar surface area (TPSA) is 287 Å². The van der Waals surface area contributed by atoms with Crippen molar-refractivity contribution in [2.24, 2.45) is 20.5 Å². The van der Waals surface area contributed by atoms with Crippen molar-refractivity contribution < 1.29 is 79.1 Å². The van der Waals surface area contributed by atoms with E-state index < -0.39 is 42.1 Å². The fraction of sp³-hybridized carbons (Fsp3) is 0.0625. The van der Waals surface area contributed by atoms with Crippen LogP contribution in [0.2, 0.25) is 20.1 Å². The monoisotopic (exact) mass is 953 g/mol. The smallest absolute Gasteiger partial charge is 0.871 e. The predicted molar refractivity (Wildman–Crippen MR) is 204 cm³/mol. The van der Waals surface area contributed by atoms with Gasteiger partial charge in [-0.05, 0) is 80.6 Å². The van der Waals surface area contributed by atoms with Crippen molar-refractivity contribution in [2.75, 3.05) is 0 Å². The molecule has 2 aromatic heterocycles. The zero-order valence-electron chi connectivity index (χ0n) is 29.6. The number of azo groups is 2. The number of sulfonamides is 2. The Kier molecular flexibility index (Phi) is 16.3. The number of halogens is 4. The second-order valence-corrected chi connectivity index (χ2v) is 15.9. The molecule has 2 heterocycles. The number of phenols is 1. The molecule has 295 valence electrons. The standard InChI is InChI=1S/C16H13Cl2N5O4S.C16H12Cl2N5O4S.Cr.Na/c2*1-8-15(16(25)23(22-8)13-6-9(17)2-4-11(13)18)21-20-12-7-10(28(19,26)27)3-5-14(12)24;;/h2-7H,1H3,(H4,19,20,21,22,24,25,26,27);2-7H,1H3,(H3-,19,20,21,22,24,25,26,27);;/q;-1;+3;+1/p-3. The van der Waals surface area contributed by atoms with Gasteiger partial charge in [-0.3, -0.25) is 9.89 Å². The van der Waals surface area contributed by atoms with Gasteiger partial charge >= 0.3 is 46.9 Å². The molecule has 1 radical (unpaired) electrons. The van der Waals surface area contributed by atoms with Gasteiger partial charge < -0.3 is 25.6 Å². The van der Waals surface area contributed by atoms with Crippen LogP contribution in [-0.2, 0) is 37.4 Å². The van der Waals surface area contributed by atoms with Crippen LogP contribution in [0.25, 0.3) is 21.7 Å². The molecule has 4 N–H and O–H groups in total. The first kappa shape index (κ1) is 48.6. The Hall–Kier alpha value is -3.79. The molecule has 0 saturated heterocycles. The molecule has 6 aromatic rings. The van der Waals surface area contributed by atoms with Gasteiger partial charge in [-0.1, -0.05) is 58.2 Å². The van der Waals surface area contributed by atoms with Gasteiger partial charge in [0.1, 0.15) is 17.1 Å². The number of aryl methyl sites for hydroxylation is 2. The Labute approximate surface area is 382 Å². The number of rotatable bonds is 8. The molecule has 0 amide bonds. The largest absolute Gasteiger partial charge is 3.00 e.